The van der Waals surface area contributed by atoms with Crippen LogP contribution in [0.15, 0.2) is 18.2 Å². The molecule has 0 aliphatic carbocycles. The van der Waals surface area contributed by atoms with E-state index in [1.807, 2.05) is 0 Å². The lowest BCUT2D eigenvalue weighted by molar-refractivity contribution is -0.137. The van der Waals surface area contributed by atoms with Crippen molar-refractivity contribution in [3.63, 3.8) is 0 Å². The SMILES string of the molecule is Nc1ccc(C(F)(F)F)cc1C1CCNC1. The van der Waals surface area contributed by atoms with Crippen molar-refractivity contribution in [2.45, 2.75) is 18.5 Å². The zero-order valence-corrected chi connectivity index (χ0v) is 8.64. The molecule has 88 valence electrons. The van der Waals surface area contributed by atoms with Crippen molar-refractivity contribution in [3.8, 4) is 0 Å². The van der Waals surface area contributed by atoms with Gasteiger partial charge < -0.3 is 11.1 Å². The number of nitrogens with one attached hydrogen (secondary N) is 1. The summed E-state index contributed by atoms with van der Waals surface area (Å²) in [5, 5.41) is 3.12. The van der Waals surface area contributed by atoms with Crippen molar-refractivity contribution in [2.24, 2.45) is 0 Å². The first kappa shape index (κ1) is 11.3. The van der Waals surface area contributed by atoms with Crippen LogP contribution in [0, 0.1) is 0 Å². The van der Waals surface area contributed by atoms with E-state index in [-0.39, 0.29) is 5.92 Å². The van der Waals surface area contributed by atoms with Crippen LogP contribution in [-0.4, -0.2) is 13.1 Å². The van der Waals surface area contributed by atoms with E-state index < -0.39 is 11.7 Å². The van der Waals surface area contributed by atoms with Crippen LogP contribution in [0.3, 0.4) is 0 Å². The molecule has 1 fully saturated rings. The summed E-state index contributed by atoms with van der Waals surface area (Å²) in [6.45, 7) is 1.53. The maximum atomic E-state index is 12.5. The van der Waals surface area contributed by atoms with Gasteiger partial charge in [-0.3, -0.25) is 0 Å². The van der Waals surface area contributed by atoms with Gasteiger partial charge in [0.2, 0.25) is 0 Å². The van der Waals surface area contributed by atoms with Crippen LogP contribution < -0.4 is 11.1 Å². The molecule has 1 atom stereocenters. The molecule has 1 unspecified atom stereocenters. The maximum Gasteiger partial charge on any atom is 0.416 e. The highest BCUT2D eigenvalue weighted by molar-refractivity contribution is 5.51. The second kappa shape index (κ2) is 3.97. The quantitative estimate of drug-likeness (QED) is 0.727. The normalized spacial score (nSPS) is 21.3. The highest BCUT2D eigenvalue weighted by atomic mass is 19.4. The Bertz CT molecular complexity index is 381. The Morgan fingerprint density at radius 1 is 1.31 bits per heavy atom. The number of hydrogen-bond donors (Lipinski definition) is 2. The Balaban J connectivity index is 2.36. The first-order valence-corrected chi connectivity index (χ1v) is 5.16. The second-order valence-electron chi connectivity index (χ2n) is 4.03. The van der Waals surface area contributed by atoms with Crippen molar-refractivity contribution in [1.82, 2.24) is 5.32 Å². The molecule has 16 heavy (non-hydrogen) atoms. The molecular weight excluding hydrogens is 217 g/mol. The zero-order chi connectivity index (χ0) is 11.8. The second-order valence-corrected chi connectivity index (χ2v) is 4.03. The molecule has 0 saturated carbocycles. The molecule has 3 N–H and O–H groups in total. The van der Waals surface area contributed by atoms with Gasteiger partial charge in [-0.1, -0.05) is 0 Å². The predicted octanol–water partition coefficient (Wildman–Crippen LogP) is 2.36. The van der Waals surface area contributed by atoms with Crippen LogP contribution in [0.1, 0.15) is 23.5 Å². The smallest absolute Gasteiger partial charge is 0.398 e. The first-order chi connectivity index (χ1) is 7.48. The number of nitrogen functional groups attached to an aromatic ring is 1. The molecule has 2 rings (SSSR count). The molecule has 2 nitrogen and oxygen atoms in total. The van der Waals surface area contributed by atoms with Crippen molar-refractivity contribution >= 4 is 5.69 Å². The number of benzene rings is 1. The topological polar surface area (TPSA) is 38.0 Å². The minimum Gasteiger partial charge on any atom is -0.398 e. The van der Waals surface area contributed by atoms with Gasteiger partial charge in [0, 0.05) is 12.2 Å². The lowest BCUT2D eigenvalue weighted by Crippen LogP contribution is -2.11. The van der Waals surface area contributed by atoms with Crippen molar-refractivity contribution in [2.75, 3.05) is 18.8 Å². The number of anilines is 1. The summed E-state index contributed by atoms with van der Waals surface area (Å²) in [6.07, 6.45) is -3.46. The van der Waals surface area contributed by atoms with Crippen molar-refractivity contribution < 1.29 is 13.2 Å². The highest BCUT2D eigenvalue weighted by Crippen LogP contribution is 2.35. The zero-order valence-electron chi connectivity index (χ0n) is 8.64. The summed E-state index contributed by atoms with van der Waals surface area (Å²) in [5.74, 6) is 0.0994. The largest absolute Gasteiger partial charge is 0.416 e. The van der Waals surface area contributed by atoms with E-state index in [4.69, 9.17) is 5.73 Å². The molecule has 0 radical (unpaired) electrons. The van der Waals surface area contributed by atoms with E-state index in [0.29, 0.717) is 17.8 Å². The summed E-state index contributed by atoms with van der Waals surface area (Å²) in [6, 6.07) is 3.55. The van der Waals surface area contributed by atoms with Crippen LogP contribution in [0.25, 0.3) is 0 Å². The number of halogens is 3. The van der Waals surface area contributed by atoms with Gasteiger partial charge in [-0.2, -0.15) is 13.2 Å². The predicted molar refractivity (Wildman–Crippen MR) is 56.1 cm³/mol. The van der Waals surface area contributed by atoms with Crippen LogP contribution in [0.2, 0.25) is 0 Å². The molecule has 1 aromatic carbocycles. The maximum absolute atomic E-state index is 12.5. The third kappa shape index (κ3) is 2.14. The summed E-state index contributed by atoms with van der Waals surface area (Å²) in [5.41, 5.74) is 6.15. The fourth-order valence-electron chi connectivity index (χ4n) is 2.02. The lowest BCUT2D eigenvalue weighted by atomic mass is 9.95. The van der Waals surface area contributed by atoms with Gasteiger partial charge in [-0.05, 0) is 42.6 Å². The van der Waals surface area contributed by atoms with E-state index in [0.717, 1.165) is 19.0 Å². The van der Waals surface area contributed by atoms with Crippen LogP contribution in [0.4, 0.5) is 18.9 Å². The van der Waals surface area contributed by atoms with Gasteiger partial charge in [0.05, 0.1) is 5.56 Å². The molecule has 1 heterocycles. The molecule has 5 heteroatoms. The van der Waals surface area contributed by atoms with E-state index in [1.54, 1.807) is 0 Å². The third-order valence-electron chi connectivity index (χ3n) is 2.91. The molecule has 0 amide bonds. The Labute approximate surface area is 91.6 Å². The van der Waals surface area contributed by atoms with E-state index >= 15 is 0 Å². The molecule has 1 saturated heterocycles. The minimum atomic E-state index is -4.30. The summed E-state index contributed by atoms with van der Waals surface area (Å²) < 4.78 is 37.6. The average Bonchev–Trinajstić information content (AvgIpc) is 2.69. The van der Waals surface area contributed by atoms with Crippen LogP contribution in [0.5, 0.6) is 0 Å². The highest BCUT2D eigenvalue weighted by Gasteiger charge is 2.32. The number of nitrogens with two attached hydrogens (primary N) is 1. The van der Waals surface area contributed by atoms with E-state index in [9.17, 15) is 13.2 Å². The Morgan fingerprint density at radius 2 is 2.06 bits per heavy atom. The van der Waals surface area contributed by atoms with Gasteiger partial charge in [-0.25, -0.2) is 0 Å². The number of rotatable bonds is 1. The molecule has 1 aliphatic heterocycles. The van der Waals surface area contributed by atoms with Gasteiger partial charge in [0.1, 0.15) is 0 Å². The summed E-state index contributed by atoms with van der Waals surface area (Å²) in [4.78, 5) is 0. The monoisotopic (exact) mass is 230 g/mol. The van der Waals surface area contributed by atoms with Gasteiger partial charge in [-0.15, -0.1) is 0 Å². The van der Waals surface area contributed by atoms with Crippen molar-refractivity contribution in [3.05, 3.63) is 29.3 Å². The molecule has 0 bridgehead atoms. The van der Waals surface area contributed by atoms with E-state index in [2.05, 4.69) is 5.32 Å². The molecule has 1 aromatic rings. The summed E-state index contributed by atoms with van der Waals surface area (Å²) in [7, 11) is 0. The Morgan fingerprint density at radius 3 is 2.62 bits per heavy atom. The van der Waals surface area contributed by atoms with Gasteiger partial charge in [0.25, 0.3) is 0 Å². The molecular formula is C11H13F3N2. The van der Waals surface area contributed by atoms with Gasteiger partial charge >= 0.3 is 6.18 Å². The van der Waals surface area contributed by atoms with Crippen molar-refractivity contribution in [1.29, 1.82) is 0 Å². The number of alkyl halides is 3. The first-order valence-electron chi connectivity index (χ1n) is 5.16. The molecule has 0 spiro atoms. The fraction of sp³-hybridized carbons (Fsp3) is 0.455. The molecule has 1 aliphatic rings. The Kier molecular flexibility index (Phi) is 2.80. The average molecular weight is 230 g/mol. The van der Waals surface area contributed by atoms with Crippen LogP contribution in [-0.2, 0) is 6.18 Å². The minimum absolute atomic E-state index is 0.0994. The van der Waals surface area contributed by atoms with Crippen LogP contribution >= 0.6 is 0 Å². The van der Waals surface area contributed by atoms with E-state index in [1.165, 1.54) is 12.1 Å². The standard InChI is InChI=1S/C11H13F3N2/c12-11(13,14)8-1-2-10(15)9(5-8)7-3-4-16-6-7/h1-2,5,7,16H,3-4,6,15H2. The molecule has 0 aromatic heterocycles. The van der Waals surface area contributed by atoms with Gasteiger partial charge in [0.15, 0.2) is 0 Å². The number of hydrogen-bond acceptors (Lipinski definition) is 2. The lowest BCUT2D eigenvalue weighted by Gasteiger charge is -2.15. The third-order valence-corrected chi connectivity index (χ3v) is 2.91. The Hall–Kier alpha value is -1.23. The fourth-order valence-corrected chi connectivity index (χ4v) is 2.02. The summed E-state index contributed by atoms with van der Waals surface area (Å²) >= 11 is 0.